The zero-order chi connectivity index (χ0) is 13.0. The number of anilines is 1. The summed E-state index contributed by atoms with van der Waals surface area (Å²) in [5.74, 6) is 0. The third-order valence-electron chi connectivity index (χ3n) is 2.29. The molecule has 5 nitrogen and oxygen atoms in total. The zero-order valence-electron chi connectivity index (χ0n) is 9.64. The van der Waals surface area contributed by atoms with Crippen LogP contribution in [-0.2, 0) is 0 Å². The van der Waals surface area contributed by atoms with E-state index >= 15 is 0 Å². The number of rotatable bonds is 2. The van der Waals surface area contributed by atoms with Gasteiger partial charge in [0.05, 0.1) is 5.69 Å². The molecule has 0 atom stereocenters. The number of aromatic amines is 1. The van der Waals surface area contributed by atoms with Crippen LogP contribution < -0.4 is 10.9 Å². The quantitative estimate of drug-likeness (QED) is 0.870. The Morgan fingerprint density at radius 3 is 2.50 bits per heavy atom. The summed E-state index contributed by atoms with van der Waals surface area (Å²) < 4.78 is 0. The third-order valence-corrected chi connectivity index (χ3v) is 2.76. The van der Waals surface area contributed by atoms with Crippen molar-refractivity contribution in [2.45, 2.75) is 0 Å². The lowest BCUT2D eigenvalue weighted by Crippen LogP contribution is -2.06. The lowest BCUT2D eigenvalue weighted by molar-refractivity contribution is 0.270. The number of carbonyl (C=O) groups is 1. The van der Waals surface area contributed by atoms with E-state index in [0.717, 1.165) is 23.0 Å². The summed E-state index contributed by atoms with van der Waals surface area (Å²) in [6.07, 6.45) is 1.72. The Morgan fingerprint density at radius 1 is 1.22 bits per heavy atom. The van der Waals surface area contributed by atoms with Crippen LogP contribution in [0.25, 0.3) is 11.3 Å². The van der Waals surface area contributed by atoms with Crippen molar-refractivity contribution < 1.29 is 4.79 Å². The van der Waals surface area contributed by atoms with Gasteiger partial charge in [0, 0.05) is 17.3 Å². The molecular formula is C12H11N3O2S. The summed E-state index contributed by atoms with van der Waals surface area (Å²) in [4.78, 5) is 22.1. The Morgan fingerprint density at radius 2 is 1.94 bits per heavy atom. The van der Waals surface area contributed by atoms with Crippen molar-refractivity contribution in [2.24, 2.45) is 0 Å². The van der Waals surface area contributed by atoms with Crippen LogP contribution in [0.3, 0.4) is 0 Å². The van der Waals surface area contributed by atoms with E-state index in [4.69, 9.17) is 0 Å². The average molecular weight is 261 g/mol. The summed E-state index contributed by atoms with van der Waals surface area (Å²) in [7, 11) is 0. The van der Waals surface area contributed by atoms with E-state index in [1.165, 1.54) is 6.07 Å². The second-order valence-electron chi connectivity index (χ2n) is 3.50. The Balaban J connectivity index is 2.19. The standard InChI is InChI=1S/C12H11N3O2S/c1-18-12(17)13-9-4-2-8(3-5-9)10-6-7-11(16)15-14-10/h2-7H,1H3,(H,13,17)(H,15,16). The maximum atomic E-state index is 11.2. The summed E-state index contributed by atoms with van der Waals surface area (Å²) in [5, 5.41) is 8.92. The molecule has 0 bridgehead atoms. The molecule has 2 aromatic rings. The maximum absolute atomic E-state index is 11.2. The lowest BCUT2D eigenvalue weighted by Gasteiger charge is -2.04. The topological polar surface area (TPSA) is 74.8 Å². The smallest absolute Gasteiger partial charge is 0.283 e. The molecule has 0 unspecified atom stereocenters. The van der Waals surface area contributed by atoms with E-state index in [-0.39, 0.29) is 10.8 Å². The minimum absolute atomic E-state index is 0.107. The first kappa shape index (κ1) is 12.4. The number of nitrogens with one attached hydrogen (secondary N) is 2. The summed E-state index contributed by atoms with van der Waals surface area (Å²) >= 11 is 1.12. The number of hydrogen-bond acceptors (Lipinski definition) is 4. The molecule has 2 N–H and O–H groups in total. The molecule has 6 heteroatoms. The molecule has 0 aliphatic rings. The van der Waals surface area contributed by atoms with Crippen molar-refractivity contribution in [1.82, 2.24) is 10.2 Å². The Labute approximate surface area is 108 Å². The normalized spacial score (nSPS) is 10.1. The number of aromatic nitrogens is 2. The second-order valence-corrected chi connectivity index (χ2v) is 4.28. The van der Waals surface area contributed by atoms with E-state index in [1.54, 1.807) is 24.5 Å². The number of amides is 1. The minimum atomic E-state index is -0.234. The first-order chi connectivity index (χ1) is 8.69. The molecule has 2 rings (SSSR count). The van der Waals surface area contributed by atoms with E-state index in [2.05, 4.69) is 15.5 Å². The van der Waals surface area contributed by atoms with Gasteiger partial charge in [0.25, 0.3) is 10.8 Å². The second kappa shape index (κ2) is 5.50. The molecule has 1 heterocycles. The lowest BCUT2D eigenvalue weighted by atomic mass is 10.1. The number of hydrogen-bond donors (Lipinski definition) is 2. The van der Waals surface area contributed by atoms with Gasteiger partial charge in [-0.2, -0.15) is 5.10 Å². The van der Waals surface area contributed by atoms with Crippen LogP contribution >= 0.6 is 11.8 Å². The molecule has 1 aromatic heterocycles. The highest BCUT2D eigenvalue weighted by Crippen LogP contribution is 2.18. The molecule has 0 fully saturated rings. The van der Waals surface area contributed by atoms with Gasteiger partial charge in [0.1, 0.15) is 0 Å². The van der Waals surface area contributed by atoms with E-state index in [1.807, 2.05) is 12.1 Å². The molecule has 0 aliphatic heterocycles. The van der Waals surface area contributed by atoms with Crippen LogP contribution in [0.1, 0.15) is 0 Å². The SMILES string of the molecule is CSC(=O)Nc1ccc(-c2ccc(=O)[nH]n2)cc1. The molecule has 0 aliphatic carbocycles. The Kier molecular flexibility index (Phi) is 3.78. The summed E-state index contributed by atoms with van der Waals surface area (Å²) in [6, 6.07) is 10.3. The van der Waals surface area contributed by atoms with Crippen molar-refractivity contribution in [3.63, 3.8) is 0 Å². The minimum Gasteiger partial charge on any atom is -0.317 e. The highest BCUT2D eigenvalue weighted by Gasteiger charge is 2.02. The summed E-state index contributed by atoms with van der Waals surface area (Å²) in [5.41, 5.74) is 2.04. The van der Waals surface area contributed by atoms with Gasteiger partial charge in [-0.15, -0.1) is 0 Å². The van der Waals surface area contributed by atoms with Crippen molar-refractivity contribution in [2.75, 3.05) is 11.6 Å². The van der Waals surface area contributed by atoms with Gasteiger partial charge in [-0.1, -0.05) is 23.9 Å². The molecule has 0 saturated carbocycles. The van der Waals surface area contributed by atoms with Crippen LogP contribution in [0.5, 0.6) is 0 Å². The largest absolute Gasteiger partial charge is 0.317 e. The molecule has 0 spiro atoms. The van der Waals surface area contributed by atoms with Crippen molar-refractivity contribution in [1.29, 1.82) is 0 Å². The van der Waals surface area contributed by atoms with Gasteiger partial charge in [0.15, 0.2) is 0 Å². The van der Waals surface area contributed by atoms with Crippen LogP contribution in [0.2, 0.25) is 0 Å². The fraction of sp³-hybridized carbons (Fsp3) is 0.0833. The molecule has 18 heavy (non-hydrogen) atoms. The monoisotopic (exact) mass is 261 g/mol. The van der Waals surface area contributed by atoms with Gasteiger partial charge in [0.2, 0.25) is 0 Å². The van der Waals surface area contributed by atoms with Crippen LogP contribution in [0.4, 0.5) is 10.5 Å². The molecule has 92 valence electrons. The van der Waals surface area contributed by atoms with Gasteiger partial charge >= 0.3 is 0 Å². The fourth-order valence-corrected chi connectivity index (χ4v) is 1.62. The highest BCUT2D eigenvalue weighted by molar-refractivity contribution is 8.13. The van der Waals surface area contributed by atoms with Gasteiger partial charge in [-0.05, 0) is 24.5 Å². The Bertz CT molecular complexity index is 587. The highest BCUT2D eigenvalue weighted by atomic mass is 32.2. The van der Waals surface area contributed by atoms with Crippen LogP contribution in [0.15, 0.2) is 41.2 Å². The summed E-state index contributed by atoms with van der Waals surface area (Å²) in [6.45, 7) is 0. The Hall–Kier alpha value is -2.08. The van der Waals surface area contributed by atoms with Crippen LogP contribution in [0, 0.1) is 0 Å². The van der Waals surface area contributed by atoms with E-state index in [0.29, 0.717) is 5.69 Å². The fourth-order valence-electron chi connectivity index (χ4n) is 1.40. The van der Waals surface area contributed by atoms with Crippen molar-refractivity contribution in [3.8, 4) is 11.3 Å². The predicted molar refractivity (Wildman–Crippen MR) is 72.8 cm³/mol. The molecular weight excluding hydrogens is 250 g/mol. The number of H-pyrrole nitrogens is 1. The van der Waals surface area contributed by atoms with Crippen molar-refractivity contribution >= 4 is 22.7 Å². The molecule has 0 saturated heterocycles. The number of nitrogens with zero attached hydrogens (tertiary/aromatic N) is 1. The van der Waals surface area contributed by atoms with E-state index < -0.39 is 0 Å². The van der Waals surface area contributed by atoms with Crippen molar-refractivity contribution in [3.05, 3.63) is 46.8 Å². The van der Waals surface area contributed by atoms with Gasteiger partial charge in [-0.3, -0.25) is 9.59 Å². The molecule has 1 amide bonds. The number of thioether (sulfide) groups is 1. The van der Waals surface area contributed by atoms with Crippen LogP contribution in [-0.4, -0.2) is 21.7 Å². The maximum Gasteiger partial charge on any atom is 0.283 e. The van der Waals surface area contributed by atoms with Gasteiger partial charge < -0.3 is 5.32 Å². The molecule has 1 aromatic carbocycles. The van der Waals surface area contributed by atoms with E-state index in [9.17, 15) is 9.59 Å². The number of carbonyl (C=O) groups excluding carboxylic acids is 1. The number of benzene rings is 1. The molecule has 0 radical (unpaired) electrons. The van der Waals surface area contributed by atoms with Gasteiger partial charge in [-0.25, -0.2) is 5.10 Å². The predicted octanol–water partition coefficient (Wildman–Crippen LogP) is 2.33. The average Bonchev–Trinajstić information content (AvgIpc) is 2.40. The zero-order valence-corrected chi connectivity index (χ0v) is 10.5. The first-order valence-electron chi connectivity index (χ1n) is 5.20. The first-order valence-corrected chi connectivity index (χ1v) is 6.42. The third kappa shape index (κ3) is 2.98.